The zero-order valence-electron chi connectivity index (χ0n) is 14.9. The van der Waals surface area contributed by atoms with Gasteiger partial charge in [0.25, 0.3) is 5.56 Å². The Bertz CT molecular complexity index is 848. The Kier molecular flexibility index (Phi) is 6.33. The predicted octanol–water partition coefficient (Wildman–Crippen LogP) is 0.306. The van der Waals surface area contributed by atoms with Crippen LogP contribution < -0.4 is 21.9 Å². The van der Waals surface area contributed by atoms with E-state index in [1.807, 2.05) is 6.92 Å². The Morgan fingerprint density at radius 1 is 1.31 bits per heavy atom. The minimum Gasteiger partial charge on any atom is -0.335 e. The van der Waals surface area contributed by atoms with Crippen LogP contribution in [0.3, 0.4) is 0 Å². The molecule has 0 spiro atoms. The Morgan fingerprint density at radius 2 is 2.00 bits per heavy atom. The second-order valence-electron chi connectivity index (χ2n) is 6.50. The molecule has 1 heterocycles. The zero-order chi connectivity index (χ0) is 19.3. The van der Waals surface area contributed by atoms with Crippen molar-refractivity contribution >= 4 is 11.9 Å². The highest BCUT2D eigenvalue weighted by Crippen LogP contribution is 2.23. The molecule has 140 valence electrons. The second-order valence-corrected chi connectivity index (χ2v) is 6.50. The molecule has 0 saturated heterocycles. The number of rotatable bonds is 4. The van der Waals surface area contributed by atoms with E-state index in [1.54, 1.807) is 13.0 Å². The lowest BCUT2D eigenvalue weighted by atomic mass is 9.86. The van der Waals surface area contributed by atoms with Gasteiger partial charge in [-0.05, 0) is 25.7 Å². The fourth-order valence-corrected chi connectivity index (χ4v) is 3.14. The first-order valence-corrected chi connectivity index (χ1v) is 8.72. The van der Waals surface area contributed by atoms with E-state index in [9.17, 15) is 19.2 Å². The molecule has 2 atom stereocenters. The van der Waals surface area contributed by atoms with Crippen LogP contribution in [0.5, 0.6) is 0 Å². The maximum Gasteiger partial charge on any atom is 0.331 e. The molecule has 1 saturated carbocycles. The molecule has 9 nitrogen and oxygen atoms in total. The molecule has 1 aliphatic rings. The molecule has 3 amide bonds. The second kappa shape index (κ2) is 8.47. The van der Waals surface area contributed by atoms with Crippen molar-refractivity contribution in [3.63, 3.8) is 0 Å². The first kappa shape index (κ1) is 19.4. The Labute approximate surface area is 150 Å². The van der Waals surface area contributed by atoms with Gasteiger partial charge in [-0.1, -0.05) is 19.8 Å². The van der Waals surface area contributed by atoms with Gasteiger partial charge in [0.2, 0.25) is 5.91 Å². The lowest BCUT2D eigenvalue weighted by Gasteiger charge is -2.29. The van der Waals surface area contributed by atoms with Crippen molar-refractivity contribution < 1.29 is 9.59 Å². The van der Waals surface area contributed by atoms with Crippen molar-refractivity contribution in [1.29, 1.82) is 5.26 Å². The number of nitrogens with one attached hydrogen (secondary N) is 2. The molecule has 0 bridgehead atoms. The zero-order valence-corrected chi connectivity index (χ0v) is 14.9. The maximum absolute atomic E-state index is 12.2. The van der Waals surface area contributed by atoms with Crippen LogP contribution in [-0.4, -0.2) is 27.1 Å². The molecular weight excluding hydrogens is 338 g/mol. The van der Waals surface area contributed by atoms with Crippen LogP contribution in [0, 0.1) is 17.2 Å². The number of aryl methyl sites for hydroxylation is 1. The summed E-state index contributed by atoms with van der Waals surface area (Å²) >= 11 is 0. The van der Waals surface area contributed by atoms with Gasteiger partial charge in [0.15, 0.2) is 0 Å². The van der Waals surface area contributed by atoms with Gasteiger partial charge in [0.1, 0.15) is 18.2 Å². The number of nitrogens with zero attached hydrogens (tertiary/aromatic N) is 3. The van der Waals surface area contributed by atoms with E-state index in [-0.39, 0.29) is 18.2 Å². The van der Waals surface area contributed by atoms with Crippen LogP contribution in [0.25, 0.3) is 0 Å². The SMILES string of the molecule is CCn1cc(C#N)c(=O)n(CC(=O)NC(=O)NC2CCCCC2C)c1=O. The molecule has 1 aliphatic carbocycles. The standard InChI is InChI=1S/C17H23N5O4/c1-3-21-9-12(8-18)15(24)22(17(21)26)10-14(23)20-16(25)19-13-7-5-4-6-11(13)2/h9,11,13H,3-7,10H2,1-2H3,(H2,19,20,23,25). The highest BCUT2D eigenvalue weighted by Gasteiger charge is 2.23. The third kappa shape index (κ3) is 4.39. The Morgan fingerprint density at radius 3 is 2.62 bits per heavy atom. The van der Waals surface area contributed by atoms with Crippen LogP contribution in [0.15, 0.2) is 15.8 Å². The average Bonchev–Trinajstić information content (AvgIpc) is 2.61. The molecule has 1 fully saturated rings. The largest absolute Gasteiger partial charge is 0.335 e. The lowest BCUT2D eigenvalue weighted by molar-refractivity contribution is -0.120. The summed E-state index contributed by atoms with van der Waals surface area (Å²) in [5, 5.41) is 13.9. The summed E-state index contributed by atoms with van der Waals surface area (Å²) < 4.78 is 1.82. The third-order valence-electron chi connectivity index (χ3n) is 4.68. The van der Waals surface area contributed by atoms with Crippen molar-refractivity contribution in [1.82, 2.24) is 19.8 Å². The van der Waals surface area contributed by atoms with Crippen LogP contribution in [0.2, 0.25) is 0 Å². The summed E-state index contributed by atoms with van der Waals surface area (Å²) in [5.74, 6) is -0.459. The van der Waals surface area contributed by atoms with Crippen LogP contribution in [-0.2, 0) is 17.9 Å². The van der Waals surface area contributed by atoms with Gasteiger partial charge in [-0.15, -0.1) is 0 Å². The van der Waals surface area contributed by atoms with Crippen LogP contribution in [0.4, 0.5) is 4.79 Å². The number of imide groups is 1. The van der Waals surface area contributed by atoms with Crippen LogP contribution >= 0.6 is 0 Å². The molecule has 2 N–H and O–H groups in total. The molecule has 0 radical (unpaired) electrons. The molecule has 0 aliphatic heterocycles. The van der Waals surface area contributed by atoms with E-state index in [0.717, 1.165) is 36.4 Å². The number of carbonyl (C=O) groups is 2. The topological polar surface area (TPSA) is 126 Å². The van der Waals surface area contributed by atoms with Gasteiger partial charge in [-0.2, -0.15) is 5.26 Å². The molecule has 2 unspecified atom stereocenters. The van der Waals surface area contributed by atoms with Crippen molar-refractivity contribution in [2.45, 2.75) is 58.7 Å². The minimum absolute atomic E-state index is 0.00138. The van der Waals surface area contributed by atoms with Crippen molar-refractivity contribution in [2.24, 2.45) is 5.92 Å². The number of carbonyl (C=O) groups excluding carboxylic acids is 2. The summed E-state index contributed by atoms with van der Waals surface area (Å²) in [7, 11) is 0. The van der Waals surface area contributed by atoms with Crippen LogP contribution in [0.1, 0.15) is 45.1 Å². The normalized spacial score (nSPS) is 19.4. The van der Waals surface area contributed by atoms with Gasteiger partial charge in [0, 0.05) is 18.8 Å². The number of nitriles is 1. The summed E-state index contributed by atoms with van der Waals surface area (Å²) in [6.07, 6.45) is 5.19. The summed E-state index contributed by atoms with van der Waals surface area (Å²) in [6, 6.07) is 1.06. The molecule has 1 aromatic heterocycles. The summed E-state index contributed by atoms with van der Waals surface area (Å²) in [5.41, 5.74) is -1.79. The quantitative estimate of drug-likeness (QED) is 0.798. The van der Waals surface area contributed by atoms with Crippen molar-refractivity contribution in [3.8, 4) is 6.07 Å². The van der Waals surface area contributed by atoms with E-state index in [2.05, 4.69) is 10.6 Å². The summed E-state index contributed by atoms with van der Waals surface area (Å²) in [4.78, 5) is 48.4. The number of amides is 3. The van der Waals surface area contributed by atoms with Gasteiger partial charge in [-0.25, -0.2) is 14.2 Å². The number of urea groups is 1. The fourth-order valence-electron chi connectivity index (χ4n) is 3.14. The van der Waals surface area contributed by atoms with Crippen molar-refractivity contribution in [3.05, 3.63) is 32.6 Å². The molecule has 0 aromatic carbocycles. The third-order valence-corrected chi connectivity index (χ3v) is 4.68. The number of aromatic nitrogens is 2. The summed E-state index contributed by atoms with van der Waals surface area (Å²) in [6.45, 7) is 3.35. The van der Waals surface area contributed by atoms with Crippen molar-refractivity contribution in [2.75, 3.05) is 0 Å². The van der Waals surface area contributed by atoms with Gasteiger partial charge in [0.05, 0.1) is 0 Å². The monoisotopic (exact) mass is 361 g/mol. The fraction of sp³-hybridized carbons (Fsp3) is 0.588. The van der Waals surface area contributed by atoms with Gasteiger partial charge < -0.3 is 5.32 Å². The highest BCUT2D eigenvalue weighted by molar-refractivity contribution is 5.94. The molecular formula is C17H23N5O4. The Hall–Kier alpha value is -2.89. The molecule has 9 heteroatoms. The average molecular weight is 361 g/mol. The van der Waals surface area contributed by atoms with E-state index in [4.69, 9.17) is 5.26 Å². The predicted molar refractivity (Wildman–Crippen MR) is 93.4 cm³/mol. The van der Waals surface area contributed by atoms with E-state index in [0.29, 0.717) is 10.5 Å². The van der Waals surface area contributed by atoms with E-state index < -0.39 is 29.7 Å². The van der Waals surface area contributed by atoms with E-state index in [1.165, 1.54) is 0 Å². The molecule has 2 rings (SSSR count). The first-order chi connectivity index (χ1) is 12.4. The van der Waals surface area contributed by atoms with Gasteiger partial charge in [-0.3, -0.25) is 19.5 Å². The lowest BCUT2D eigenvalue weighted by Crippen LogP contribution is -2.50. The van der Waals surface area contributed by atoms with E-state index >= 15 is 0 Å². The van der Waals surface area contributed by atoms with Gasteiger partial charge >= 0.3 is 11.7 Å². The molecule has 1 aromatic rings. The minimum atomic E-state index is -0.848. The number of hydrogen-bond acceptors (Lipinski definition) is 5. The number of hydrogen-bond donors (Lipinski definition) is 2. The molecule has 26 heavy (non-hydrogen) atoms. The maximum atomic E-state index is 12.2. The highest BCUT2D eigenvalue weighted by atomic mass is 16.2. The first-order valence-electron chi connectivity index (χ1n) is 8.72. The Balaban J connectivity index is 2.08. The smallest absolute Gasteiger partial charge is 0.331 e.